The number of ether oxygens (including phenoxy) is 1. The molecular weight excluding hydrogens is 372 g/mol. The number of benzene rings is 2. The number of hydrogen-bond donors (Lipinski definition) is 1. The average Bonchev–Trinajstić information content (AvgIpc) is 3.13. The first-order valence-electron chi connectivity index (χ1n) is 9.09. The zero-order chi connectivity index (χ0) is 19.5. The summed E-state index contributed by atoms with van der Waals surface area (Å²) < 4.78 is 7.41. The number of rotatable bonds is 6. The first-order valence-corrected chi connectivity index (χ1v) is 9.97. The topological polar surface area (TPSA) is 68.5 Å². The van der Waals surface area contributed by atoms with E-state index in [9.17, 15) is 4.79 Å². The lowest BCUT2D eigenvalue weighted by atomic mass is 10.2. The van der Waals surface area contributed by atoms with Crippen LogP contribution in [0.2, 0.25) is 0 Å². The Kier molecular flexibility index (Phi) is 5.16. The lowest BCUT2D eigenvalue weighted by Crippen LogP contribution is -2.22. The highest BCUT2D eigenvalue weighted by Crippen LogP contribution is 2.27. The summed E-state index contributed by atoms with van der Waals surface area (Å²) in [4.78, 5) is 12.6. The maximum Gasteiger partial charge on any atom is 0.237 e. The molecule has 2 heterocycles. The van der Waals surface area contributed by atoms with E-state index >= 15 is 0 Å². The van der Waals surface area contributed by atoms with E-state index in [0.717, 1.165) is 28.0 Å². The lowest BCUT2D eigenvalue weighted by Gasteiger charge is -2.12. The van der Waals surface area contributed by atoms with Crippen molar-refractivity contribution in [2.75, 3.05) is 11.9 Å². The highest BCUT2D eigenvalue weighted by molar-refractivity contribution is 8.00. The zero-order valence-electron chi connectivity index (χ0n) is 15.6. The molecule has 0 aliphatic carbocycles. The zero-order valence-corrected chi connectivity index (χ0v) is 16.4. The number of nitrogens with zero attached hydrogens (tertiary/aromatic N) is 3. The second kappa shape index (κ2) is 7.90. The Morgan fingerprint density at radius 3 is 2.68 bits per heavy atom. The van der Waals surface area contributed by atoms with Gasteiger partial charge in [-0.2, -0.15) is 0 Å². The number of thioether (sulfide) groups is 1. The van der Waals surface area contributed by atoms with Crippen molar-refractivity contribution in [2.24, 2.45) is 0 Å². The highest BCUT2D eigenvalue weighted by Gasteiger charge is 2.19. The molecular formula is C21H20N4O2S. The van der Waals surface area contributed by atoms with E-state index < -0.39 is 0 Å². The van der Waals surface area contributed by atoms with Crippen molar-refractivity contribution >= 4 is 39.9 Å². The van der Waals surface area contributed by atoms with Crippen LogP contribution < -0.4 is 10.1 Å². The molecule has 4 aromatic rings. The maximum atomic E-state index is 12.6. The van der Waals surface area contributed by atoms with Crippen LogP contribution in [0.3, 0.4) is 0 Å². The number of nitrogens with one attached hydrogen (secondary N) is 1. The molecule has 0 fully saturated rings. The fourth-order valence-electron chi connectivity index (χ4n) is 2.95. The summed E-state index contributed by atoms with van der Waals surface area (Å²) in [5.41, 5.74) is 2.52. The van der Waals surface area contributed by atoms with Crippen molar-refractivity contribution in [1.82, 2.24) is 14.6 Å². The quantitative estimate of drug-likeness (QED) is 0.493. The largest absolute Gasteiger partial charge is 0.494 e. The van der Waals surface area contributed by atoms with Crippen LogP contribution in [0, 0.1) is 0 Å². The molecule has 0 aliphatic heterocycles. The molecule has 1 atom stereocenters. The van der Waals surface area contributed by atoms with Gasteiger partial charge in [0.25, 0.3) is 0 Å². The van der Waals surface area contributed by atoms with Gasteiger partial charge >= 0.3 is 0 Å². The van der Waals surface area contributed by atoms with Gasteiger partial charge in [-0.15, -0.1) is 10.2 Å². The molecule has 2 aromatic heterocycles. The van der Waals surface area contributed by atoms with Crippen LogP contribution in [0.5, 0.6) is 5.75 Å². The van der Waals surface area contributed by atoms with Crippen molar-refractivity contribution in [3.63, 3.8) is 0 Å². The van der Waals surface area contributed by atoms with Crippen LogP contribution in [0.1, 0.15) is 13.8 Å². The van der Waals surface area contributed by atoms with Gasteiger partial charge in [0.1, 0.15) is 5.75 Å². The van der Waals surface area contributed by atoms with Gasteiger partial charge in [0.2, 0.25) is 5.91 Å². The summed E-state index contributed by atoms with van der Waals surface area (Å²) in [6.07, 6.45) is 0. The Morgan fingerprint density at radius 1 is 1.11 bits per heavy atom. The van der Waals surface area contributed by atoms with Gasteiger partial charge in [-0.1, -0.05) is 30.0 Å². The minimum absolute atomic E-state index is 0.0915. The molecule has 0 radical (unpaired) electrons. The van der Waals surface area contributed by atoms with Gasteiger partial charge in [-0.3, -0.25) is 9.20 Å². The van der Waals surface area contributed by atoms with Gasteiger partial charge in [0.15, 0.2) is 10.8 Å². The number of pyridine rings is 1. The van der Waals surface area contributed by atoms with Crippen molar-refractivity contribution in [3.8, 4) is 5.75 Å². The third-order valence-electron chi connectivity index (χ3n) is 4.33. The molecule has 0 saturated carbocycles. The van der Waals surface area contributed by atoms with Crippen LogP contribution in [-0.2, 0) is 4.79 Å². The molecule has 0 aliphatic rings. The van der Waals surface area contributed by atoms with Gasteiger partial charge < -0.3 is 10.1 Å². The minimum Gasteiger partial charge on any atom is -0.494 e. The van der Waals surface area contributed by atoms with Gasteiger partial charge in [-0.25, -0.2) is 0 Å². The molecule has 0 saturated heterocycles. The second-order valence-corrected chi connectivity index (χ2v) is 7.58. The maximum absolute atomic E-state index is 12.6. The van der Waals surface area contributed by atoms with Gasteiger partial charge in [0.05, 0.1) is 17.4 Å². The fourth-order valence-corrected chi connectivity index (χ4v) is 3.81. The predicted molar refractivity (Wildman–Crippen MR) is 112 cm³/mol. The van der Waals surface area contributed by atoms with E-state index in [0.29, 0.717) is 11.8 Å². The number of aromatic nitrogens is 3. The molecule has 1 N–H and O–H groups in total. The molecule has 1 unspecified atom stereocenters. The fraction of sp³-hybridized carbons (Fsp3) is 0.190. The lowest BCUT2D eigenvalue weighted by molar-refractivity contribution is -0.115. The normalized spacial score (nSPS) is 12.2. The number of fused-ring (bicyclic) bond motifs is 3. The molecule has 1 amide bonds. The Balaban J connectivity index is 1.52. The van der Waals surface area contributed by atoms with Crippen LogP contribution in [0.4, 0.5) is 5.69 Å². The monoisotopic (exact) mass is 392 g/mol. The molecule has 2 aromatic carbocycles. The summed E-state index contributed by atoms with van der Waals surface area (Å²) in [5, 5.41) is 12.9. The SMILES string of the molecule is CCOc1ccc(NC(=O)C(C)Sc2nnc3ccc4ccccc4n23)cc1. The van der Waals surface area contributed by atoms with Crippen LogP contribution >= 0.6 is 11.8 Å². The molecule has 0 bridgehead atoms. The van der Waals surface area contributed by atoms with E-state index in [2.05, 4.69) is 15.5 Å². The van der Waals surface area contributed by atoms with Gasteiger partial charge in [-0.05, 0) is 61.7 Å². The Hall–Kier alpha value is -3.06. The summed E-state index contributed by atoms with van der Waals surface area (Å²) in [7, 11) is 0. The van der Waals surface area contributed by atoms with E-state index in [4.69, 9.17) is 4.74 Å². The first-order chi connectivity index (χ1) is 13.7. The van der Waals surface area contributed by atoms with E-state index in [1.807, 2.05) is 78.9 Å². The molecule has 0 spiro atoms. The average molecular weight is 392 g/mol. The third-order valence-corrected chi connectivity index (χ3v) is 5.37. The van der Waals surface area contributed by atoms with Crippen molar-refractivity contribution < 1.29 is 9.53 Å². The van der Waals surface area contributed by atoms with Crippen LogP contribution in [-0.4, -0.2) is 32.4 Å². The van der Waals surface area contributed by atoms with Crippen molar-refractivity contribution in [2.45, 2.75) is 24.3 Å². The summed E-state index contributed by atoms with van der Waals surface area (Å²) in [5.74, 6) is 0.691. The van der Waals surface area contributed by atoms with Crippen LogP contribution in [0.25, 0.3) is 16.6 Å². The number of anilines is 1. The number of carbonyl (C=O) groups is 1. The molecule has 142 valence electrons. The molecule has 28 heavy (non-hydrogen) atoms. The number of carbonyl (C=O) groups excluding carboxylic acids is 1. The second-order valence-electron chi connectivity index (χ2n) is 6.28. The summed E-state index contributed by atoms with van der Waals surface area (Å²) in [6.45, 7) is 4.41. The first kappa shape index (κ1) is 18.3. The van der Waals surface area contributed by atoms with E-state index in [-0.39, 0.29) is 11.2 Å². The standard InChI is InChI=1S/C21H20N4O2S/c1-3-27-17-11-9-16(10-12-17)22-20(26)14(2)28-21-24-23-19-13-8-15-6-4-5-7-18(15)25(19)21/h4-14H,3H2,1-2H3,(H,22,26). The third kappa shape index (κ3) is 3.66. The summed E-state index contributed by atoms with van der Waals surface area (Å²) in [6, 6.07) is 19.4. The predicted octanol–water partition coefficient (Wildman–Crippen LogP) is 4.40. The Bertz CT molecular complexity index is 1120. The minimum atomic E-state index is -0.335. The van der Waals surface area contributed by atoms with E-state index in [1.165, 1.54) is 11.8 Å². The molecule has 6 nitrogen and oxygen atoms in total. The number of para-hydroxylation sites is 1. The van der Waals surface area contributed by atoms with E-state index in [1.54, 1.807) is 0 Å². The molecule has 7 heteroatoms. The Labute approximate surface area is 166 Å². The highest BCUT2D eigenvalue weighted by atomic mass is 32.2. The van der Waals surface area contributed by atoms with Crippen molar-refractivity contribution in [3.05, 3.63) is 60.7 Å². The number of amides is 1. The van der Waals surface area contributed by atoms with Gasteiger partial charge in [0, 0.05) is 5.69 Å². The summed E-state index contributed by atoms with van der Waals surface area (Å²) >= 11 is 1.39. The van der Waals surface area contributed by atoms with Crippen LogP contribution in [0.15, 0.2) is 65.8 Å². The Morgan fingerprint density at radius 2 is 1.89 bits per heavy atom. The smallest absolute Gasteiger partial charge is 0.237 e. The number of hydrogen-bond acceptors (Lipinski definition) is 5. The van der Waals surface area contributed by atoms with Crippen molar-refractivity contribution in [1.29, 1.82) is 0 Å². The molecule has 4 rings (SSSR count).